The van der Waals surface area contributed by atoms with Gasteiger partial charge in [0.05, 0.1) is 6.10 Å². The van der Waals surface area contributed by atoms with Crippen LogP contribution in [0.15, 0.2) is 42.5 Å². The standard InChI is InChI=1S/C27H36N4O4.ClH/c28-16-22(32)17-29-25(33)23(15-18-11-12-19-6-1-4-9-21(19)14-18)30-26(34)24-10-5-13-31(24)27(35)20-7-2-3-8-20;/h1,4,6,9,11-12,14,20,22-24,32H,2-3,5,7-8,10,13,15-17,28H2,(H,29,33)(H,30,34);1H/t22?,23-,24?;/m1./s1. The summed E-state index contributed by atoms with van der Waals surface area (Å²) in [4.78, 5) is 41.1. The van der Waals surface area contributed by atoms with Crippen LogP contribution in [-0.2, 0) is 20.8 Å². The maximum atomic E-state index is 13.3. The molecule has 36 heavy (non-hydrogen) atoms. The van der Waals surface area contributed by atoms with E-state index in [9.17, 15) is 19.5 Å². The second-order valence-corrected chi connectivity index (χ2v) is 9.75. The number of nitrogens with one attached hydrogen (secondary N) is 2. The number of rotatable bonds is 9. The third kappa shape index (κ3) is 6.75. The third-order valence-corrected chi connectivity index (χ3v) is 7.21. The average Bonchev–Trinajstić information content (AvgIpc) is 3.59. The zero-order chi connectivity index (χ0) is 24.8. The van der Waals surface area contributed by atoms with E-state index in [0.29, 0.717) is 19.4 Å². The van der Waals surface area contributed by atoms with E-state index in [-0.39, 0.29) is 49.1 Å². The molecule has 1 aliphatic carbocycles. The lowest BCUT2D eigenvalue weighted by Crippen LogP contribution is -2.55. The summed E-state index contributed by atoms with van der Waals surface area (Å²) in [5.41, 5.74) is 6.37. The molecule has 3 amide bonds. The molecule has 2 aromatic rings. The molecular weight excluding hydrogens is 480 g/mol. The lowest BCUT2D eigenvalue weighted by molar-refractivity contribution is -0.142. The van der Waals surface area contributed by atoms with Gasteiger partial charge in [-0.2, -0.15) is 0 Å². The molecule has 5 N–H and O–H groups in total. The van der Waals surface area contributed by atoms with Crippen LogP contribution in [0, 0.1) is 5.92 Å². The van der Waals surface area contributed by atoms with Crippen LogP contribution in [0.25, 0.3) is 10.8 Å². The van der Waals surface area contributed by atoms with Crippen molar-refractivity contribution < 1.29 is 19.5 Å². The third-order valence-electron chi connectivity index (χ3n) is 7.21. The van der Waals surface area contributed by atoms with Crippen LogP contribution in [0.5, 0.6) is 0 Å². The fourth-order valence-electron chi connectivity index (χ4n) is 5.21. The highest BCUT2D eigenvalue weighted by molar-refractivity contribution is 5.93. The topological polar surface area (TPSA) is 125 Å². The monoisotopic (exact) mass is 516 g/mol. The van der Waals surface area contributed by atoms with E-state index < -0.39 is 18.2 Å². The number of nitrogens with two attached hydrogens (primary N) is 1. The van der Waals surface area contributed by atoms with E-state index >= 15 is 0 Å². The van der Waals surface area contributed by atoms with Gasteiger partial charge in [-0.1, -0.05) is 55.3 Å². The molecule has 4 rings (SSSR count). The Morgan fingerprint density at radius 1 is 1.03 bits per heavy atom. The van der Waals surface area contributed by atoms with Crippen molar-refractivity contribution >= 4 is 40.9 Å². The summed E-state index contributed by atoms with van der Waals surface area (Å²) in [6.45, 7) is 0.620. The molecule has 2 unspecified atom stereocenters. The van der Waals surface area contributed by atoms with Crippen LogP contribution in [-0.4, -0.2) is 65.5 Å². The molecule has 1 saturated carbocycles. The molecule has 2 aliphatic rings. The Bertz CT molecular complexity index is 1060. The first-order valence-electron chi connectivity index (χ1n) is 12.7. The van der Waals surface area contributed by atoms with Crippen molar-refractivity contribution in [2.45, 2.75) is 63.1 Å². The molecule has 0 radical (unpaired) electrons. The summed E-state index contributed by atoms with van der Waals surface area (Å²) >= 11 is 0. The van der Waals surface area contributed by atoms with Crippen LogP contribution in [0.4, 0.5) is 0 Å². The normalized spacial score (nSPS) is 19.5. The fourth-order valence-corrected chi connectivity index (χ4v) is 5.21. The van der Waals surface area contributed by atoms with Crippen LogP contribution in [0.1, 0.15) is 44.1 Å². The Morgan fingerprint density at radius 3 is 2.47 bits per heavy atom. The quantitative estimate of drug-likeness (QED) is 0.405. The highest BCUT2D eigenvalue weighted by atomic mass is 35.5. The highest BCUT2D eigenvalue weighted by Gasteiger charge is 2.39. The van der Waals surface area contributed by atoms with Crippen LogP contribution in [0.3, 0.4) is 0 Å². The summed E-state index contributed by atoms with van der Waals surface area (Å²) in [5, 5.41) is 17.5. The number of hydrogen-bond donors (Lipinski definition) is 4. The number of benzene rings is 2. The number of carbonyl (C=O) groups is 3. The fraction of sp³-hybridized carbons (Fsp3) is 0.519. The molecule has 1 heterocycles. The van der Waals surface area contributed by atoms with Crippen molar-refractivity contribution in [3.05, 3.63) is 48.0 Å². The van der Waals surface area contributed by atoms with Crippen LogP contribution < -0.4 is 16.4 Å². The second-order valence-electron chi connectivity index (χ2n) is 9.75. The van der Waals surface area contributed by atoms with E-state index in [1.54, 1.807) is 4.90 Å². The molecule has 0 aromatic heterocycles. The minimum Gasteiger partial charge on any atom is -0.390 e. The van der Waals surface area contributed by atoms with Crippen molar-refractivity contribution in [3.8, 4) is 0 Å². The predicted octanol–water partition coefficient (Wildman–Crippen LogP) is 1.91. The minimum absolute atomic E-state index is 0. The molecule has 3 atom stereocenters. The van der Waals surface area contributed by atoms with Gasteiger partial charge >= 0.3 is 0 Å². The summed E-state index contributed by atoms with van der Waals surface area (Å²) < 4.78 is 0. The lowest BCUT2D eigenvalue weighted by Gasteiger charge is -2.28. The summed E-state index contributed by atoms with van der Waals surface area (Å²) in [6.07, 6.45) is 4.71. The Labute approximate surface area is 218 Å². The maximum Gasteiger partial charge on any atom is 0.243 e. The van der Waals surface area contributed by atoms with Gasteiger partial charge in [0.2, 0.25) is 17.7 Å². The highest BCUT2D eigenvalue weighted by Crippen LogP contribution is 2.30. The number of fused-ring (bicyclic) bond motifs is 1. The number of nitrogens with zero attached hydrogens (tertiary/aromatic N) is 1. The van der Waals surface area contributed by atoms with Crippen molar-refractivity contribution in [3.63, 3.8) is 0 Å². The van der Waals surface area contributed by atoms with Crippen LogP contribution in [0.2, 0.25) is 0 Å². The molecular formula is C27H37ClN4O4. The van der Waals surface area contributed by atoms with Gasteiger partial charge in [0.1, 0.15) is 12.1 Å². The van der Waals surface area contributed by atoms with Gasteiger partial charge in [-0.15, -0.1) is 12.4 Å². The second kappa shape index (κ2) is 13.0. The van der Waals surface area contributed by atoms with Gasteiger partial charge in [0.15, 0.2) is 0 Å². The largest absolute Gasteiger partial charge is 0.390 e. The Balaban J connectivity index is 0.00000361. The number of halogens is 1. The van der Waals surface area contributed by atoms with Crippen molar-refractivity contribution in [1.82, 2.24) is 15.5 Å². The number of amides is 3. The van der Waals surface area contributed by atoms with Gasteiger partial charge < -0.3 is 26.4 Å². The Kier molecular flexibility index (Phi) is 10.1. The number of hydrogen-bond acceptors (Lipinski definition) is 5. The number of carbonyl (C=O) groups excluding carboxylic acids is 3. The molecule has 0 spiro atoms. The van der Waals surface area contributed by atoms with Crippen molar-refractivity contribution in [2.24, 2.45) is 11.7 Å². The number of likely N-dealkylation sites (tertiary alicyclic amines) is 1. The van der Waals surface area contributed by atoms with E-state index in [2.05, 4.69) is 10.6 Å². The van der Waals surface area contributed by atoms with E-state index in [4.69, 9.17) is 5.73 Å². The Hall–Kier alpha value is -2.68. The summed E-state index contributed by atoms with van der Waals surface area (Å²) in [5.74, 6) is -0.598. The smallest absolute Gasteiger partial charge is 0.243 e. The first-order valence-corrected chi connectivity index (χ1v) is 12.7. The number of aliphatic hydroxyl groups excluding tert-OH is 1. The van der Waals surface area contributed by atoms with Gasteiger partial charge in [-0.25, -0.2) is 0 Å². The van der Waals surface area contributed by atoms with Gasteiger partial charge in [0, 0.05) is 32.0 Å². The average molecular weight is 517 g/mol. The molecule has 1 saturated heterocycles. The number of aliphatic hydroxyl groups is 1. The molecule has 9 heteroatoms. The first-order chi connectivity index (χ1) is 17.0. The maximum absolute atomic E-state index is 13.3. The van der Waals surface area contributed by atoms with Gasteiger partial charge in [-0.05, 0) is 42.0 Å². The van der Waals surface area contributed by atoms with E-state index in [1.807, 2.05) is 42.5 Å². The SMILES string of the molecule is Cl.NCC(O)CNC(=O)[C@@H](Cc1ccc2ccccc2c1)NC(=O)C1CCCN1C(=O)C1CCCC1. The molecule has 196 valence electrons. The van der Waals surface area contributed by atoms with Crippen LogP contribution >= 0.6 is 12.4 Å². The lowest BCUT2D eigenvalue weighted by atomic mass is 10.0. The Morgan fingerprint density at radius 2 is 1.75 bits per heavy atom. The zero-order valence-electron chi connectivity index (χ0n) is 20.5. The summed E-state index contributed by atoms with van der Waals surface area (Å²) in [7, 11) is 0. The van der Waals surface area contributed by atoms with E-state index in [1.165, 1.54) is 0 Å². The molecule has 8 nitrogen and oxygen atoms in total. The van der Waals surface area contributed by atoms with Crippen molar-refractivity contribution in [1.29, 1.82) is 0 Å². The predicted molar refractivity (Wildman–Crippen MR) is 142 cm³/mol. The molecule has 2 fully saturated rings. The molecule has 1 aliphatic heterocycles. The summed E-state index contributed by atoms with van der Waals surface area (Å²) in [6, 6.07) is 12.5. The van der Waals surface area contributed by atoms with Crippen molar-refractivity contribution in [2.75, 3.05) is 19.6 Å². The van der Waals surface area contributed by atoms with Gasteiger partial charge in [0.25, 0.3) is 0 Å². The van der Waals surface area contributed by atoms with E-state index in [0.717, 1.165) is 48.4 Å². The molecule has 0 bridgehead atoms. The first kappa shape index (κ1) is 27.9. The molecule has 2 aromatic carbocycles. The van der Waals surface area contributed by atoms with Gasteiger partial charge in [-0.3, -0.25) is 14.4 Å². The zero-order valence-corrected chi connectivity index (χ0v) is 21.3. The minimum atomic E-state index is -0.856.